The van der Waals surface area contributed by atoms with Crippen molar-refractivity contribution in [1.29, 1.82) is 0 Å². The second-order valence-electron chi connectivity index (χ2n) is 5.01. The number of piperazine rings is 1. The fourth-order valence-corrected chi connectivity index (χ4v) is 3.26. The molecule has 1 atom stereocenters. The molecule has 0 radical (unpaired) electrons. The average molecular weight is 273 g/mol. The molecular weight excluding hydrogens is 254 g/mol. The number of hydrogen-bond acceptors (Lipinski definition) is 4. The van der Waals surface area contributed by atoms with E-state index in [2.05, 4.69) is 51.1 Å². The van der Waals surface area contributed by atoms with Gasteiger partial charge in [0.1, 0.15) is 0 Å². The minimum atomic E-state index is 0.300. The molecule has 19 heavy (non-hydrogen) atoms. The standard InChI is InChI=1S/C15H19N3S/c1-12-2-3-14(17-10-12)15(13-4-9-19-11-13)18-7-5-16-6-8-18/h2-4,9-11,15-16H,5-8H2,1H3. The number of nitrogens with zero attached hydrogens (tertiary/aromatic N) is 2. The van der Waals surface area contributed by atoms with E-state index in [1.165, 1.54) is 11.1 Å². The Bertz CT molecular complexity index is 501. The zero-order valence-corrected chi connectivity index (χ0v) is 12.0. The Morgan fingerprint density at radius 1 is 1.26 bits per heavy atom. The van der Waals surface area contributed by atoms with Crippen molar-refractivity contribution in [1.82, 2.24) is 15.2 Å². The van der Waals surface area contributed by atoms with Crippen molar-refractivity contribution >= 4 is 11.3 Å². The maximum Gasteiger partial charge on any atom is 0.0785 e. The fraction of sp³-hybridized carbons (Fsp3) is 0.400. The van der Waals surface area contributed by atoms with Crippen molar-refractivity contribution in [2.45, 2.75) is 13.0 Å². The zero-order chi connectivity index (χ0) is 13.1. The van der Waals surface area contributed by atoms with Gasteiger partial charge in [-0.2, -0.15) is 11.3 Å². The predicted octanol–water partition coefficient (Wildman–Crippen LogP) is 2.45. The van der Waals surface area contributed by atoms with Gasteiger partial charge in [0.15, 0.2) is 0 Å². The molecule has 0 aromatic carbocycles. The van der Waals surface area contributed by atoms with Crippen LogP contribution in [0.4, 0.5) is 0 Å². The van der Waals surface area contributed by atoms with Crippen LogP contribution in [0.1, 0.15) is 22.9 Å². The van der Waals surface area contributed by atoms with Gasteiger partial charge in [-0.05, 0) is 40.9 Å². The van der Waals surface area contributed by atoms with Gasteiger partial charge in [0.25, 0.3) is 0 Å². The van der Waals surface area contributed by atoms with E-state index in [0.29, 0.717) is 6.04 Å². The van der Waals surface area contributed by atoms with Crippen molar-refractivity contribution in [3.8, 4) is 0 Å². The molecule has 0 bridgehead atoms. The third-order valence-corrected chi connectivity index (χ3v) is 4.29. The van der Waals surface area contributed by atoms with E-state index in [-0.39, 0.29) is 0 Å². The normalized spacial score (nSPS) is 18.4. The Kier molecular flexibility index (Phi) is 3.92. The molecule has 1 aliphatic heterocycles. The number of pyridine rings is 1. The van der Waals surface area contributed by atoms with Gasteiger partial charge >= 0.3 is 0 Å². The van der Waals surface area contributed by atoms with E-state index in [0.717, 1.165) is 31.9 Å². The molecule has 0 spiro atoms. The molecule has 0 aliphatic carbocycles. The summed E-state index contributed by atoms with van der Waals surface area (Å²) in [4.78, 5) is 7.18. The highest BCUT2D eigenvalue weighted by Crippen LogP contribution is 2.29. The van der Waals surface area contributed by atoms with Crippen LogP contribution >= 0.6 is 11.3 Å². The molecule has 1 N–H and O–H groups in total. The highest BCUT2D eigenvalue weighted by molar-refractivity contribution is 7.08. The van der Waals surface area contributed by atoms with Gasteiger partial charge in [0.05, 0.1) is 11.7 Å². The first-order valence-corrected chi connectivity index (χ1v) is 7.68. The largest absolute Gasteiger partial charge is 0.314 e. The second-order valence-corrected chi connectivity index (χ2v) is 5.79. The lowest BCUT2D eigenvalue weighted by atomic mass is 10.0. The Balaban J connectivity index is 1.93. The SMILES string of the molecule is Cc1ccc(C(c2ccsc2)N2CCNCC2)nc1. The molecule has 2 aromatic heterocycles. The molecule has 1 saturated heterocycles. The van der Waals surface area contributed by atoms with E-state index < -0.39 is 0 Å². The summed E-state index contributed by atoms with van der Waals surface area (Å²) in [6, 6.07) is 6.84. The quantitative estimate of drug-likeness (QED) is 0.931. The van der Waals surface area contributed by atoms with Crippen molar-refractivity contribution in [3.63, 3.8) is 0 Å². The molecule has 2 aromatic rings. The van der Waals surface area contributed by atoms with Gasteiger partial charge in [-0.25, -0.2) is 0 Å². The van der Waals surface area contributed by atoms with Gasteiger partial charge in [-0.3, -0.25) is 9.88 Å². The summed E-state index contributed by atoms with van der Waals surface area (Å²) in [5.41, 5.74) is 3.74. The third kappa shape index (κ3) is 2.86. The van der Waals surface area contributed by atoms with Crippen LogP contribution in [-0.2, 0) is 0 Å². The molecule has 100 valence electrons. The third-order valence-electron chi connectivity index (χ3n) is 3.59. The Labute approximate surface area is 118 Å². The highest BCUT2D eigenvalue weighted by atomic mass is 32.1. The summed E-state index contributed by atoms with van der Waals surface area (Å²) in [6.07, 6.45) is 1.97. The van der Waals surface area contributed by atoms with Crippen molar-refractivity contribution < 1.29 is 0 Å². The van der Waals surface area contributed by atoms with Crippen LogP contribution in [0.25, 0.3) is 0 Å². The van der Waals surface area contributed by atoms with Crippen LogP contribution in [0.5, 0.6) is 0 Å². The van der Waals surface area contributed by atoms with Crippen LogP contribution in [0.3, 0.4) is 0 Å². The minimum absolute atomic E-state index is 0.300. The Morgan fingerprint density at radius 3 is 2.74 bits per heavy atom. The topological polar surface area (TPSA) is 28.2 Å². The lowest BCUT2D eigenvalue weighted by molar-refractivity contribution is 0.196. The maximum absolute atomic E-state index is 4.65. The molecular formula is C15H19N3S. The van der Waals surface area contributed by atoms with Crippen molar-refractivity contribution in [3.05, 3.63) is 52.0 Å². The van der Waals surface area contributed by atoms with Gasteiger partial charge in [-0.15, -0.1) is 0 Å². The lowest BCUT2D eigenvalue weighted by Crippen LogP contribution is -2.45. The van der Waals surface area contributed by atoms with Gasteiger partial charge < -0.3 is 5.32 Å². The minimum Gasteiger partial charge on any atom is -0.314 e. The van der Waals surface area contributed by atoms with Crippen LogP contribution in [0, 0.1) is 6.92 Å². The maximum atomic E-state index is 4.65. The van der Waals surface area contributed by atoms with Gasteiger partial charge in [-0.1, -0.05) is 6.07 Å². The van der Waals surface area contributed by atoms with Gasteiger partial charge in [0.2, 0.25) is 0 Å². The van der Waals surface area contributed by atoms with Crippen LogP contribution in [0.15, 0.2) is 35.2 Å². The Hall–Kier alpha value is -1.23. The molecule has 1 unspecified atom stereocenters. The number of nitrogens with one attached hydrogen (secondary N) is 1. The molecule has 3 rings (SSSR count). The van der Waals surface area contributed by atoms with E-state index >= 15 is 0 Å². The molecule has 0 amide bonds. The van der Waals surface area contributed by atoms with Crippen molar-refractivity contribution in [2.24, 2.45) is 0 Å². The highest BCUT2D eigenvalue weighted by Gasteiger charge is 2.24. The Morgan fingerprint density at radius 2 is 2.11 bits per heavy atom. The monoisotopic (exact) mass is 273 g/mol. The number of hydrogen-bond donors (Lipinski definition) is 1. The van der Waals surface area contributed by atoms with Crippen LogP contribution in [-0.4, -0.2) is 36.1 Å². The molecule has 1 fully saturated rings. The second kappa shape index (κ2) is 5.82. The number of thiophene rings is 1. The summed E-state index contributed by atoms with van der Waals surface area (Å²) in [7, 11) is 0. The van der Waals surface area contributed by atoms with E-state index in [9.17, 15) is 0 Å². The van der Waals surface area contributed by atoms with Gasteiger partial charge in [0, 0.05) is 32.4 Å². The summed E-state index contributed by atoms with van der Waals surface area (Å²) >= 11 is 1.76. The lowest BCUT2D eigenvalue weighted by Gasteiger charge is -2.34. The summed E-state index contributed by atoms with van der Waals surface area (Å²) in [5, 5.41) is 7.81. The van der Waals surface area contributed by atoms with Crippen LogP contribution in [0.2, 0.25) is 0 Å². The number of aryl methyl sites for hydroxylation is 1. The summed E-state index contributed by atoms with van der Waals surface area (Å²) in [5.74, 6) is 0. The molecule has 3 nitrogen and oxygen atoms in total. The predicted molar refractivity (Wildman–Crippen MR) is 79.6 cm³/mol. The number of aromatic nitrogens is 1. The molecule has 4 heteroatoms. The van der Waals surface area contributed by atoms with Crippen LogP contribution < -0.4 is 5.32 Å². The molecule has 1 aliphatic rings. The van der Waals surface area contributed by atoms with Crippen molar-refractivity contribution in [2.75, 3.05) is 26.2 Å². The zero-order valence-electron chi connectivity index (χ0n) is 11.2. The molecule has 0 saturated carbocycles. The summed E-state index contributed by atoms with van der Waals surface area (Å²) < 4.78 is 0. The first-order chi connectivity index (χ1) is 9.34. The van der Waals surface area contributed by atoms with E-state index in [1.54, 1.807) is 11.3 Å². The first-order valence-electron chi connectivity index (χ1n) is 6.74. The van der Waals surface area contributed by atoms with E-state index in [1.807, 2.05) is 6.20 Å². The summed E-state index contributed by atoms with van der Waals surface area (Å²) in [6.45, 7) is 6.37. The fourth-order valence-electron chi connectivity index (χ4n) is 2.58. The smallest absolute Gasteiger partial charge is 0.0785 e. The molecule has 3 heterocycles. The average Bonchev–Trinajstić information content (AvgIpc) is 2.96. The number of rotatable bonds is 3. The van der Waals surface area contributed by atoms with E-state index in [4.69, 9.17) is 0 Å². The first kappa shape index (κ1) is 12.8.